The summed E-state index contributed by atoms with van der Waals surface area (Å²) in [7, 11) is 0. The predicted molar refractivity (Wildman–Crippen MR) is 48.7 cm³/mol. The maximum absolute atomic E-state index is 10.4. The molecular weight excluding hydrogens is 184 g/mol. The van der Waals surface area contributed by atoms with Gasteiger partial charge < -0.3 is 10.8 Å². The van der Waals surface area contributed by atoms with Crippen molar-refractivity contribution in [1.29, 1.82) is 0 Å². The van der Waals surface area contributed by atoms with E-state index in [-0.39, 0.29) is 6.42 Å². The molecular formula is C8H8N4O2. The fraction of sp³-hybridized carbons (Fsp3) is 0.125. The lowest BCUT2D eigenvalue weighted by Gasteiger charge is -1.97. The van der Waals surface area contributed by atoms with Gasteiger partial charge in [0.1, 0.15) is 0 Å². The third-order valence-corrected chi connectivity index (χ3v) is 1.86. The fourth-order valence-corrected chi connectivity index (χ4v) is 1.24. The van der Waals surface area contributed by atoms with E-state index in [1.807, 2.05) is 0 Å². The van der Waals surface area contributed by atoms with Crippen LogP contribution in [0.25, 0.3) is 5.65 Å². The first-order chi connectivity index (χ1) is 6.66. The molecule has 14 heavy (non-hydrogen) atoms. The van der Waals surface area contributed by atoms with Crippen molar-refractivity contribution >= 4 is 17.6 Å². The van der Waals surface area contributed by atoms with E-state index in [0.29, 0.717) is 17.2 Å². The Morgan fingerprint density at radius 3 is 3.07 bits per heavy atom. The van der Waals surface area contributed by atoms with Crippen molar-refractivity contribution in [2.45, 2.75) is 6.42 Å². The summed E-state index contributed by atoms with van der Waals surface area (Å²) < 4.78 is 1.59. The van der Waals surface area contributed by atoms with Crippen LogP contribution in [0.3, 0.4) is 0 Å². The molecule has 0 bridgehead atoms. The lowest BCUT2D eigenvalue weighted by molar-refractivity contribution is -0.136. The molecule has 0 spiro atoms. The van der Waals surface area contributed by atoms with Gasteiger partial charge in [-0.05, 0) is 17.7 Å². The highest BCUT2D eigenvalue weighted by Gasteiger charge is 2.04. The highest BCUT2D eigenvalue weighted by atomic mass is 16.4. The average molecular weight is 192 g/mol. The summed E-state index contributed by atoms with van der Waals surface area (Å²) in [5, 5.41) is 16.0. The van der Waals surface area contributed by atoms with Crippen LogP contribution in [0.15, 0.2) is 18.3 Å². The van der Waals surface area contributed by atoms with E-state index in [1.165, 1.54) is 0 Å². The molecule has 72 valence electrons. The summed E-state index contributed by atoms with van der Waals surface area (Å²) in [6, 6.07) is 3.33. The third-order valence-electron chi connectivity index (χ3n) is 1.86. The van der Waals surface area contributed by atoms with E-state index >= 15 is 0 Å². The van der Waals surface area contributed by atoms with Crippen LogP contribution in [0.5, 0.6) is 0 Å². The first-order valence-corrected chi connectivity index (χ1v) is 3.98. The molecule has 3 N–H and O–H groups in total. The lowest BCUT2D eigenvalue weighted by Crippen LogP contribution is -2.01. The maximum Gasteiger partial charge on any atom is 0.307 e. The van der Waals surface area contributed by atoms with Crippen LogP contribution >= 0.6 is 0 Å². The van der Waals surface area contributed by atoms with Crippen LogP contribution < -0.4 is 5.73 Å². The first-order valence-electron chi connectivity index (χ1n) is 3.98. The van der Waals surface area contributed by atoms with Crippen LogP contribution in [0.2, 0.25) is 0 Å². The molecule has 0 saturated carbocycles. The topological polar surface area (TPSA) is 93.5 Å². The van der Waals surface area contributed by atoms with Gasteiger partial charge in [-0.3, -0.25) is 9.20 Å². The van der Waals surface area contributed by atoms with Gasteiger partial charge >= 0.3 is 5.97 Å². The number of pyridine rings is 1. The standard InChI is InChI=1S/C8H8N4O2/c9-8-11-10-6-3-5(4-7(13)14)1-2-12(6)8/h1-3H,4H2,(H2,9,11)(H,13,14). The smallest absolute Gasteiger partial charge is 0.307 e. The molecule has 0 atom stereocenters. The number of carboxylic acids is 1. The van der Waals surface area contributed by atoms with Crippen LogP contribution in [0.1, 0.15) is 5.56 Å². The second-order valence-corrected chi connectivity index (χ2v) is 2.89. The molecule has 6 nitrogen and oxygen atoms in total. The molecule has 0 aliphatic carbocycles. The van der Waals surface area contributed by atoms with Crippen LogP contribution in [0, 0.1) is 0 Å². The van der Waals surface area contributed by atoms with Crippen molar-refractivity contribution in [3.63, 3.8) is 0 Å². The SMILES string of the molecule is Nc1nnc2cc(CC(=O)O)ccn12. The van der Waals surface area contributed by atoms with Gasteiger partial charge in [0.25, 0.3) is 0 Å². The summed E-state index contributed by atoms with van der Waals surface area (Å²) in [6.07, 6.45) is 1.63. The Bertz CT molecular complexity index is 491. The van der Waals surface area contributed by atoms with Crippen molar-refractivity contribution in [2.75, 3.05) is 5.73 Å². The van der Waals surface area contributed by atoms with Crippen molar-refractivity contribution in [2.24, 2.45) is 0 Å². The van der Waals surface area contributed by atoms with E-state index in [4.69, 9.17) is 10.8 Å². The van der Waals surface area contributed by atoms with Crippen molar-refractivity contribution < 1.29 is 9.90 Å². The maximum atomic E-state index is 10.4. The summed E-state index contributed by atoms with van der Waals surface area (Å²) >= 11 is 0. The van der Waals surface area contributed by atoms with E-state index in [1.54, 1.807) is 22.7 Å². The van der Waals surface area contributed by atoms with Crippen molar-refractivity contribution in [1.82, 2.24) is 14.6 Å². The highest BCUT2D eigenvalue weighted by molar-refractivity contribution is 5.70. The van der Waals surface area contributed by atoms with Gasteiger partial charge in [0.05, 0.1) is 6.42 Å². The molecule has 0 radical (unpaired) electrons. The number of carboxylic acid groups (broad SMARTS) is 1. The summed E-state index contributed by atoms with van der Waals surface area (Å²) in [5.41, 5.74) is 6.74. The minimum atomic E-state index is -0.873. The minimum Gasteiger partial charge on any atom is -0.481 e. The van der Waals surface area contributed by atoms with Crippen LogP contribution in [-0.2, 0) is 11.2 Å². The Balaban J connectivity index is 2.46. The second-order valence-electron chi connectivity index (χ2n) is 2.89. The Morgan fingerprint density at radius 1 is 1.57 bits per heavy atom. The predicted octanol–water partition coefficient (Wildman–Crippen LogP) is -0.0614. The lowest BCUT2D eigenvalue weighted by atomic mass is 10.2. The summed E-state index contributed by atoms with van der Waals surface area (Å²) in [6.45, 7) is 0. The molecule has 0 unspecified atom stereocenters. The van der Waals surface area contributed by atoms with E-state index in [0.717, 1.165) is 0 Å². The minimum absolute atomic E-state index is 0.0245. The van der Waals surface area contributed by atoms with Gasteiger partial charge in [0, 0.05) is 6.20 Å². The number of hydrogen-bond donors (Lipinski definition) is 2. The second kappa shape index (κ2) is 2.99. The number of aliphatic carboxylic acids is 1. The number of fused-ring (bicyclic) bond motifs is 1. The third kappa shape index (κ3) is 1.37. The van der Waals surface area contributed by atoms with Gasteiger partial charge in [0.15, 0.2) is 5.65 Å². The Morgan fingerprint density at radius 2 is 2.36 bits per heavy atom. The van der Waals surface area contributed by atoms with Gasteiger partial charge in [0.2, 0.25) is 5.95 Å². The van der Waals surface area contributed by atoms with Gasteiger partial charge in [-0.15, -0.1) is 10.2 Å². The molecule has 0 aromatic carbocycles. The molecule has 0 fully saturated rings. The molecule has 0 aliphatic rings. The first kappa shape index (κ1) is 8.49. The molecule has 0 saturated heterocycles. The molecule has 2 rings (SSSR count). The van der Waals surface area contributed by atoms with Crippen LogP contribution in [-0.4, -0.2) is 25.7 Å². The number of carbonyl (C=O) groups is 1. The van der Waals surface area contributed by atoms with Gasteiger partial charge in [-0.25, -0.2) is 0 Å². The van der Waals surface area contributed by atoms with E-state index in [2.05, 4.69) is 10.2 Å². The number of nitrogen functional groups attached to an aromatic ring is 1. The molecule has 2 aromatic rings. The molecule has 0 aliphatic heterocycles. The largest absolute Gasteiger partial charge is 0.481 e. The van der Waals surface area contributed by atoms with Crippen molar-refractivity contribution in [3.05, 3.63) is 23.9 Å². The number of hydrogen-bond acceptors (Lipinski definition) is 4. The van der Waals surface area contributed by atoms with Crippen molar-refractivity contribution in [3.8, 4) is 0 Å². The van der Waals surface area contributed by atoms with E-state index < -0.39 is 5.97 Å². The Labute approximate surface area is 79.0 Å². The molecule has 2 aromatic heterocycles. The molecule has 2 heterocycles. The zero-order valence-corrected chi connectivity index (χ0v) is 7.21. The monoisotopic (exact) mass is 192 g/mol. The zero-order chi connectivity index (χ0) is 10.1. The number of nitrogens with zero attached hydrogens (tertiary/aromatic N) is 3. The van der Waals surface area contributed by atoms with Gasteiger partial charge in [-0.2, -0.15) is 0 Å². The molecule has 0 amide bonds. The average Bonchev–Trinajstić information content (AvgIpc) is 2.46. The number of nitrogens with two attached hydrogens (primary N) is 1. The van der Waals surface area contributed by atoms with E-state index in [9.17, 15) is 4.79 Å². The zero-order valence-electron chi connectivity index (χ0n) is 7.21. The molecule has 6 heteroatoms. The highest BCUT2D eigenvalue weighted by Crippen LogP contribution is 2.08. The number of anilines is 1. The van der Waals surface area contributed by atoms with Gasteiger partial charge in [-0.1, -0.05) is 0 Å². The summed E-state index contributed by atoms with van der Waals surface area (Å²) in [4.78, 5) is 10.4. The Kier molecular flexibility index (Phi) is 1.81. The number of aromatic nitrogens is 3. The quantitative estimate of drug-likeness (QED) is 0.695. The summed E-state index contributed by atoms with van der Waals surface area (Å²) in [5.74, 6) is -0.580. The normalized spacial score (nSPS) is 10.6. The Hall–Kier alpha value is -2.11. The fourth-order valence-electron chi connectivity index (χ4n) is 1.24. The number of rotatable bonds is 2. The van der Waals surface area contributed by atoms with Crippen LogP contribution in [0.4, 0.5) is 5.95 Å².